The smallest absolute Gasteiger partial charge is 0.257 e. The van der Waals surface area contributed by atoms with Crippen LogP contribution in [-0.4, -0.2) is 11.4 Å². The number of hydrazine groups is 1. The summed E-state index contributed by atoms with van der Waals surface area (Å²) >= 11 is 0. The third kappa shape index (κ3) is 3.53. The third-order valence-corrected chi connectivity index (χ3v) is 2.14. The van der Waals surface area contributed by atoms with Crippen LogP contribution in [0.3, 0.4) is 0 Å². The van der Waals surface area contributed by atoms with Gasteiger partial charge in [-0.15, -0.1) is 0 Å². The zero-order chi connectivity index (χ0) is 9.78. The van der Waals surface area contributed by atoms with Crippen molar-refractivity contribution in [2.75, 3.05) is 0 Å². The van der Waals surface area contributed by atoms with Crippen molar-refractivity contribution in [1.29, 1.82) is 0 Å². The van der Waals surface area contributed by atoms with Crippen LogP contribution >= 0.6 is 0 Å². The summed E-state index contributed by atoms with van der Waals surface area (Å²) in [6.45, 7) is 11.6. The molecular weight excluding hydrogens is 152 g/mol. The van der Waals surface area contributed by atoms with Crippen LogP contribution in [0.15, 0.2) is 12.7 Å². The number of carbonyl (C=O) groups excluding carboxylic acids is 1. The third-order valence-electron chi connectivity index (χ3n) is 2.14. The van der Waals surface area contributed by atoms with E-state index in [-0.39, 0.29) is 11.4 Å². The summed E-state index contributed by atoms with van der Waals surface area (Å²) in [6.07, 6.45) is 1.24. The van der Waals surface area contributed by atoms with Gasteiger partial charge in [0.1, 0.15) is 0 Å². The zero-order valence-corrected chi connectivity index (χ0v) is 8.27. The van der Waals surface area contributed by atoms with E-state index in [9.17, 15) is 4.79 Å². The van der Waals surface area contributed by atoms with Gasteiger partial charge in [0, 0.05) is 5.54 Å². The van der Waals surface area contributed by atoms with Crippen LogP contribution in [-0.2, 0) is 4.79 Å². The van der Waals surface area contributed by atoms with E-state index < -0.39 is 0 Å². The van der Waals surface area contributed by atoms with Crippen molar-refractivity contribution in [3.8, 4) is 0 Å². The Balaban J connectivity index is 3.91. The molecule has 0 rings (SSSR count). The first kappa shape index (κ1) is 11.2. The molecule has 0 aliphatic rings. The minimum atomic E-state index is -0.205. The number of rotatable bonds is 4. The molecule has 0 aliphatic carbocycles. The number of nitrogens with one attached hydrogen (secondary N) is 2. The Morgan fingerprint density at radius 2 is 2.00 bits per heavy atom. The fourth-order valence-electron chi connectivity index (χ4n) is 0.418. The molecule has 0 bridgehead atoms. The van der Waals surface area contributed by atoms with Gasteiger partial charge in [-0.25, -0.2) is 5.43 Å². The number of carbonyl (C=O) groups is 1. The second-order valence-corrected chi connectivity index (χ2v) is 3.69. The van der Waals surface area contributed by atoms with E-state index in [1.807, 2.05) is 13.8 Å². The lowest BCUT2D eigenvalue weighted by atomic mass is 9.92. The number of hydrogen-bond donors (Lipinski definition) is 2. The molecule has 3 nitrogen and oxygen atoms in total. The molecule has 2 N–H and O–H groups in total. The minimum Gasteiger partial charge on any atom is -0.287 e. The average molecular weight is 170 g/mol. The van der Waals surface area contributed by atoms with Crippen LogP contribution in [0.5, 0.6) is 0 Å². The second kappa shape index (κ2) is 4.26. The van der Waals surface area contributed by atoms with Crippen LogP contribution in [0.1, 0.15) is 27.7 Å². The molecule has 0 aromatic rings. The predicted molar refractivity (Wildman–Crippen MR) is 50.4 cm³/mol. The second-order valence-electron chi connectivity index (χ2n) is 3.69. The van der Waals surface area contributed by atoms with E-state index in [1.54, 1.807) is 0 Å². The summed E-state index contributed by atoms with van der Waals surface area (Å²) in [5.74, 6) is 0.242. The predicted octanol–water partition coefficient (Wildman–Crippen LogP) is 1.23. The Morgan fingerprint density at radius 1 is 1.50 bits per heavy atom. The molecule has 0 unspecified atom stereocenters. The van der Waals surface area contributed by atoms with E-state index in [2.05, 4.69) is 31.3 Å². The summed E-state index contributed by atoms with van der Waals surface area (Å²) in [7, 11) is 0. The highest BCUT2D eigenvalue weighted by molar-refractivity contribution is 5.86. The number of hydrogen-bond acceptors (Lipinski definition) is 2. The largest absolute Gasteiger partial charge is 0.287 e. The molecule has 0 saturated heterocycles. The number of amides is 1. The summed E-state index contributed by atoms with van der Waals surface area (Å²) in [6, 6.07) is 0. The SMILES string of the molecule is C=CC(=O)NNC(C)(C)C(C)C. The molecule has 0 aromatic carbocycles. The fourth-order valence-corrected chi connectivity index (χ4v) is 0.418. The standard InChI is InChI=1S/C9H18N2O/c1-6-8(12)10-11-9(4,5)7(2)3/h6-7,11H,1H2,2-5H3,(H,10,12). The molecule has 12 heavy (non-hydrogen) atoms. The van der Waals surface area contributed by atoms with Gasteiger partial charge in [0.05, 0.1) is 0 Å². The summed E-state index contributed by atoms with van der Waals surface area (Å²) in [5.41, 5.74) is 5.39. The lowest BCUT2D eigenvalue weighted by Gasteiger charge is -2.30. The Bertz CT molecular complexity index is 173. The van der Waals surface area contributed by atoms with Crippen LogP contribution in [0.4, 0.5) is 0 Å². The molecule has 0 fully saturated rings. The first-order valence-electron chi connectivity index (χ1n) is 4.09. The summed E-state index contributed by atoms with van der Waals surface area (Å²) < 4.78 is 0. The van der Waals surface area contributed by atoms with E-state index in [0.717, 1.165) is 0 Å². The molecule has 70 valence electrons. The lowest BCUT2D eigenvalue weighted by Crippen LogP contribution is -2.53. The molecule has 0 radical (unpaired) electrons. The van der Waals surface area contributed by atoms with Crippen LogP contribution in [0.25, 0.3) is 0 Å². The highest BCUT2D eigenvalue weighted by Gasteiger charge is 2.21. The molecule has 0 atom stereocenters. The van der Waals surface area contributed by atoms with Crippen LogP contribution in [0.2, 0.25) is 0 Å². The van der Waals surface area contributed by atoms with Gasteiger partial charge in [-0.1, -0.05) is 20.4 Å². The Kier molecular flexibility index (Phi) is 3.96. The van der Waals surface area contributed by atoms with Crippen molar-refractivity contribution >= 4 is 5.91 Å². The average Bonchev–Trinajstić information content (AvgIpc) is 2.00. The van der Waals surface area contributed by atoms with Crippen molar-refractivity contribution in [2.24, 2.45) is 5.92 Å². The van der Waals surface area contributed by atoms with E-state index >= 15 is 0 Å². The first-order valence-corrected chi connectivity index (χ1v) is 4.09. The molecule has 1 amide bonds. The summed E-state index contributed by atoms with van der Waals surface area (Å²) in [5, 5.41) is 0. The van der Waals surface area contributed by atoms with Gasteiger partial charge in [0.15, 0.2) is 0 Å². The zero-order valence-electron chi connectivity index (χ0n) is 8.27. The maximum absolute atomic E-state index is 10.8. The van der Waals surface area contributed by atoms with Gasteiger partial charge >= 0.3 is 0 Å². The van der Waals surface area contributed by atoms with E-state index in [0.29, 0.717) is 5.92 Å². The van der Waals surface area contributed by atoms with E-state index in [1.165, 1.54) is 6.08 Å². The van der Waals surface area contributed by atoms with Gasteiger partial charge in [0.25, 0.3) is 5.91 Å². The molecule has 3 heteroatoms. The van der Waals surface area contributed by atoms with Crippen molar-refractivity contribution in [2.45, 2.75) is 33.2 Å². The minimum absolute atomic E-state index is 0.0985. The van der Waals surface area contributed by atoms with Crippen LogP contribution in [0, 0.1) is 5.92 Å². The van der Waals surface area contributed by atoms with Crippen molar-refractivity contribution < 1.29 is 4.79 Å². The van der Waals surface area contributed by atoms with Gasteiger partial charge in [0.2, 0.25) is 0 Å². The highest BCUT2D eigenvalue weighted by atomic mass is 16.2. The normalized spacial score (nSPS) is 11.4. The van der Waals surface area contributed by atoms with Crippen LogP contribution < -0.4 is 10.9 Å². The molecular formula is C9H18N2O. The van der Waals surface area contributed by atoms with Crippen molar-refractivity contribution in [3.05, 3.63) is 12.7 Å². The van der Waals surface area contributed by atoms with Crippen molar-refractivity contribution in [3.63, 3.8) is 0 Å². The lowest BCUT2D eigenvalue weighted by molar-refractivity contribution is -0.118. The highest BCUT2D eigenvalue weighted by Crippen LogP contribution is 2.13. The maximum atomic E-state index is 10.8. The van der Waals surface area contributed by atoms with Gasteiger partial charge in [-0.2, -0.15) is 0 Å². The van der Waals surface area contributed by atoms with Gasteiger partial charge in [-0.3, -0.25) is 10.2 Å². The molecule has 0 saturated carbocycles. The van der Waals surface area contributed by atoms with E-state index in [4.69, 9.17) is 0 Å². The molecule has 0 aliphatic heterocycles. The molecule has 0 aromatic heterocycles. The van der Waals surface area contributed by atoms with Gasteiger partial charge < -0.3 is 0 Å². The molecule has 0 spiro atoms. The Morgan fingerprint density at radius 3 is 2.33 bits per heavy atom. The Labute approximate surface area is 74.2 Å². The Hall–Kier alpha value is -0.830. The maximum Gasteiger partial charge on any atom is 0.257 e. The van der Waals surface area contributed by atoms with Crippen molar-refractivity contribution in [1.82, 2.24) is 10.9 Å². The monoisotopic (exact) mass is 170 g/mol. The molecule has 0 heterocycles. The topological polar surface area (TPSA) is 41.1 Å². The van der Waals surface area contributed by atoms with Gasteiger partial charge in [-0.05, 0) is 25.8 Å². The first-order chi connectivity index (χ1) is 5.40. The quantitative estimate of drug-likeness (QED) is 0.492. The fraction of sp³-hybridized carbons (Fsp3) is 0.667. The summed E-state index contributed by atoms with van der Waals surface area (Å²) in [4.78, 5) is 10.8.